The van der Waals surface area contributed by atoms with E-state index < -0.39 is 5.54 Å². The molecule has 3 nitrogen and oxygen atoms in total. The molecule has 1 fully saturated rings. The van der Waals surface area contributed by atoms with Crippen LogP contribution in [0, 0.1) is 0 Å². The predicted octanol–water partition coefficient (Wildman–Crippen LogP) is 2.62. The second-order valence-electron chi connectivity index (χ2n) is 5.00. The lowest BCUT2D eigenvalue weighted by Crippen LogP contribution is -2.54. The minimum absolute atomic E-state index is 0.226. The molecular weight excluding hydrogens is 264 g/mol. The maximum atomic E-state index is 11.6. The quantitative estimate of drug-likeness (QED) is 0.570. The molecule has 1 aliphatic carbocycles. The molecule has 100 valence electrons. The summed E-state index contributed by atoms with van der Waals surface area (Å²) in [5.41, 5.74) is 4.99. The van der Waals surface area contributed by atoms with E-state index in [-0.39, 0.29) is 5.91 Å². The van der Waals surface area contributed by atoms with Crippen molar-refractivity contribution >= 4 is 29.0 Å². The number of thiophene rings is 1. The summed E-state index contributed by atoms with van der Waals surface area (Å²) >= 11 is 3.62. The minimum Gasteiger partial charge on any atom is -0.368 e. The number of carbonyl (C=O) groups is 1. The Balaban J connectivity index is 1.73. The smallest absolute Gasteiger partial charge is 0.237 e. The second kappa shape index (κ2) is 6.08. The molecule has 18 heavy (non-hydrogen) atoms. The van der Waals surface area contributed by atoms with E-state index in [4.69, 9.17) is 5.73 Å². The lowest BCUT2D eigenvalue weighted by atomic mass is 9.95. The van der Waals surface area contributed by atoms with Gasteiger partial charge in [0.25, 0.3) is 0 Å². The van der Waals surface area contributed by atoms with Gasteiger partial charge >= 0.3 is 0 Å². The fourth-order valence-electron chi connectivity index (χ4n) is 1.89. The zero-order chi connectivity index (χ0) is 13.0. The molecule has 0 spiro atoms. The minimum atomic E-state index is -0.531. The highest BCUT2D eigenvalue weighted by molar-refractivity contribution is 8.01. The van der Waals surface area contributed by atoms with Crippen LogP contribution in [0.15, 0.2) is 21.7 Å². The molecule has 0 aliphatic heterocycles. The Labute approximate surface area is 117 Å². The van der Waals surface area contributed by atoms with Crippen LogP contribution in [0.5, 0.6) is 0 Å². The van der Waals surface area contributed by atoms with Gasteiger partial charge in [-0.3, -0.25) is 4.79 Å². The Bertz CT molecular complexity index is 390. The zero-order valence-electron chi connectivity index (χ0n) is 10.6. The summed E-state index contributed by atoms with van der Waals surface area (Å²) in [7, 11) is 0. The molecule has 1 unspecified atom stereocenters. The van der Waals surface area contributed by atoms with Crippen LogP contribution in [0.2, 0.25) is 0 Å². The summed E-state index contributed by atoms with van der Waals surface area (Å²) < 4.78 is 1.34. The molecule has 2 rings (SSSR count). The van der Waals surface area contributed by atoms with Crippen molar-refractivity contribution < 1.29 is 4.79 Å². The van der Waals surface area contributed by atoms with Crippen LogP contribution < -0.4 is 11.1 Å². The molecule has 0 bridgehead atoms. The topological polar surface area (TPSA) is 55.1 Å². The molecule has 0 radical (unpaired) electrons. The lowest BCUT2D eigenvalue weighted by Gasteiger charge is -2.27. The molecule has 0 saturated heterocycles. The predicted molar refractivity (Wildman–Crippen MR) is 78.0 cm³/mol. The molecule has 1 aromatic rings. The summed E-state index contributed by atoms with van der Waals surface area (Å²) in [4.78, 5) is 11.6. The molecule has 1 heterocycles. The van der Waals surface area contributed by atoms with Crippen LogP contribution in [0.3, 0.4) is 0 Å². The van der Waals surface area contributed by atoms with Crippen molar-refractivity contribution in [1.29, 1.82) is 0 Å². The number of primary amides is 1. The number of amides is 1. The van der Waals surface area contributed by atoms with Crippen LogP contribution in [0.4, 0.5) is 0 Å². The summed E-state index contributed by atoms with van der Waals surface area (Å²) in [5, 5.41) is 5.47. The highest BCUT2D eigenvalue weighted by Crippen LogP contribution is 2.27. The van der Waals surface area contributed by atoms with Crippen molar-refractivity contribution in [3.8, 4) is 0 Å². The van der Waals surface area contributed by atoms with Crippen molar-refractivity contribution in [2.24, 2.45) is 5.73 Å². The van der Waals surface area contributed by atoms with Crippen molar-refractivity contribution in [1.82, 2.24) is 5.32 Å². The van der Waals surface area contributed by atoms with E-state index in [9.17, 15) is 4.79 Å². The number of nitrogens with one attached hydrogen (secondary N) is 1. The van der Waals surface area contributed by atoms with E-state index in [1.54, 1.807) is 11.3 Å². The third-order valence-corrected chi connectivity index (χ3v) is 5.42. The van der Waals surface area contributed by atoms with Gasteiger partial charge in [-0.25, -0.2) is 0 Å². The van der Waals surface area contributed by atoms with Gasteiger partial charge in [0.15, 0.2) is 0 Å². The van der Waals surface area contributed by atoms with Gasteiger partial charge < -0.3 is 11.1 Å². The van der Waals surface area contributed by atoms with Crippen LogP contribution in [-0.4, -0.2) is 23.2 Å². The van der Waals surface area contributed by atoms with Gasteiger partial charge in [0.2, 0.25) is 5.91 Å². The molecule has 1 saturated carbocycles. The van der Waals surface area contributed by atoms with Crippen LogP contribution in [0.25, 0.3) is 0 Å². The Hall–Kier alpha value is -0.520. The molecule has 5 heteroatoms. The maximum Gasteiger partial charge on any atom is 0.237 e. The van der Waals surface area contributed by atoms with Gasteiger partial charge in [-0.1, -0.05) is 6.07 Å². The maximum absolute atomic E-state index is 11.6. The number of hydrogen-bond acceptors (Lipinski definition) is 4. The first kappa shape index (κ1) is 13.9. The molecule has 1 atom stereocenters. The van der Waals surface area contributed by atoms with Gasteiger partial charge in [0.05, 0.1) is 9.75 Å². The standard InChI is InChI=1S/C13H20N2OS2/c1-13(12(14)16,15-10-5-6-10)7-3-9-18-11-4-2-8-17-11/h2,4,8,10,15H,3,5-7,9H2,1H3,(H2,14,16). The van der Waals surface area contributed by atoms with Crippen molar-refractivity contribution in [3.63, 3.8) is 0 Å². The number of thioether (sulfide) groups is 1. The summed E-state index contributed by atoms with van der Waals surface area (Å²) in [6, 6.07) is 4.70. The highest BCUT2D eigenvalue weighted by atomic mass is 32.2. The number of carbonyl (C=O) groups excluding carboxylic acids is 1. The summed E-state index contributed by atoms with van der Waals surface area (Å²) in [6.45, 7) is 1.93. The van der Waals surface area contributed by atoms with E-state index in [0.717, 1.165) is 18.6 Å². The fourth-order valence-corrected chi connectivity index (χ4v) is 3.69. The van der Waals surface area contributed by atoms with Gasteiger partial charge in [0, 0.05) is 6.04 Å². The van der Waals surface area contributed by atoms with Crippen molar-refractivity contribution in [2.75, 3.05) is 5.75 Å². The van der Waals surface area contributed by atoms with E-state index in [0.29, 0.717) is 6.04 Å². The summed E-state index contributed by atoms with van der Waals surface area (Å²) in [6.07, 6.45) is 4.17. The zero-order valence-corrected chi connectivity index (χ0v) is 12.3. The van der Waals surface area contributed by atoms with E-state index in [1.165, 1.54) is 17.1 Å². The average molecular weight is 284 g/mol. The highest BCUT2D eigenvalue weighted by Gasteiger charge is 2.36. The monoisotopic (exact) mass is 284 g/mol. The van der Waals surface area contributed by atoms with Gasteiger partial charge in [-0.2, -0.15) is 0 Å². The van der Waals surface area contributed by atoms with E-state index in [2.05, 4.69) is 22.8 Å². The van der Waals surface area contributed by atoms with Crippen LogP contribution in [0.1, 0.15) is 32.6 Å². The molecule has 3 N–H and O–H groups in total. The Morgan fingerprint density at radius 2 is 2.44 bits per heavy atom. The molecule has 1 amide bonds. The van der Waals surface area contributed by atoms with Gasteiger partial charge in [-0.15, -0.1) is 23.1 Å². The fraction of sp³-hybridized carbons (Fsp3) is 0.615. The third-order valence-electron chi connectivity index (χ3n) is 3.20. The van der Waals surface area contributed by atoms with Gasteiger partial charge in [0.1, 0.15) is 0 Å². The van der Waals surface area contributed by atoms with Crippen molar-refractivity contribution in [3.05, 3.63) is 17.5 Å². The normalized spacial score (nSPS) is 18.5. The van der Waals surface area contributed by atoms with E-state index in [1.807, 2.05) is 18.7 Å². The first-order valence-corrected chi connectivity index (χ1v) is 8.20. The van der Waals surface area contributed by atoms with E-state index >= 15 is 0 Å². The molecule has 0 aromatic carbocycles. The molecule has 1 aromatic heterocycles. The number of nitrogens with two attached hydrogens (primary N) is 1. The Kier molecular flexibility index (Phi) is 4.70. The second-order valence-corrected chi connectivity index (χ2v) is 7.34. The Morgan fingerprint density at radius 3 is 3.00 bits per heavy atom. The molecular formula is C13H20N2OS2. The van der Waals surface area contributed by atoms with Crippen LogP contribution in [-0.2, 0) is 4.79 Å². The van der Waals surface area contributed by atoms with Crippen molar-refractivity contribution in [2.45, 2.75) is 48.4 Å². The first-order valence-electron chi connectivity index (χ1n) is 6.34. The lowest BCUT2D eigenvalue weighted by molar-refractivity contribution is -0.124. The van der Waals surface area contributed by atoms with Gasteiger partial charge in [-0.05, 0) is 49.8 Å². The van der Waals surface area contributed by atoms with Crippen LogP contribution >= 0.6 is 23.1 Å². The molecule has 1 aliphatic rings. The third kappa shape index (κ3) is 4.00. The SMILES string of the molecule is CC(CCCSc1cccs1)(NC1CC1)C(N)=O. The first-order chi connectivity index (χ1) is 8.60. The number of hydrogen-bond donors (Lipinski definition) is 2. The largest absolute Gasteiger partial charge is 0.368 e. The number of rotatable bonds is 8. The Morgan fingerprint density at radius 1 is 1.67 bits per heavy atom. The average Bonchev–Trinajstić information content (AvgIpc) is 2.97. The summed E-state index contributed by atoms with van der Waals surface area (Å²) in [5.74, 6) is 0.811.